The molecule has 2 unspecified atom stereocenters. The van der Waals surface area contributed by atoms with E-state index in [1.54, 1.807) is 6.08 Å². The molecule has 70 heavy (non-hydrogen) atoms. The quantitative estimate of drug-likeness (QED) is 0.0655. The lowest BCUT2D eigenvalue weighted by Crippen LogP contribution is -2.34. The lowest BCUT2D eigenvalue weighted by Gasteiger charge is -2.19. The second-order valence-corrected chi connectivity index (χ2v) is 20.6. The number of aliphatic hydroxyl groups is 1. The van der Waals surface area contributed by atoms with Gasteiger partial charge < -0.3 is 40.1 Å². The number of ether oxygens (including phenoxy) is 1. The van der Waals surface area contributed by atoms with Crippen LogP contribution < -0.4 is 21.9 Å². The molecular weight excluding hydrogens is 994 g/mol. The molecule has 0 amide bonds. The lowest BCUT2D eigenvalue weighted by atomic mass is 10.1. The standard InChI is InChI=1S/C42H51N10O14P3S/c1-25-33-9-5-11-35(49-33)27(3)46-22-32(47-28(4)36-12-6-10-34(50-36)26(2)44-19-18-43-25)20-29-13-15-31(16-14-29)48-41(70)45-17-7-8-30-23-52(42(55)51-40(30)54)39-21-37(53)38(64-39)24-63-68(59,60)66-69(61,62)65-67(56,57)58/h5-7,9-17,23,32,37-39,53H,8,18-22,24H2,1-4H3,(H,59,60)(H,61,62)(H2,45,48,70)(H,51,54,55)(H2,56,57,58)/b17-7+,43-25?,44-26?,46-27?,47-28?/t32-,37+,38-,39-/m0/s1. The van der Waals surface area contributed by atoms with E-state index in [9.17, 15) is 38.2 Å². The number of allylic oxidation sites excluding steroid dienone is 1. The van der Waals surface area contributed by atoms with Gasteiger partial charge in [0.2, 0.25) is 0 Å². The summed E-state index contributed by atoms with van der Waals surface area (Å²) < 4.78 is 53.1. The van der Waals surface area contributed by atoms with Crippen molar-refractivity contribution < 1.29 is 56.3 Å². The Morgan fingerprint density at radius 3 is 2.03 bits per heavy atom. The second kappa shape index (κ2) is 23.7. The molecule has 0 radical (unpaired) electrons. The summed E-state index contributed by atoms with van der Waals surface area (Å²) in [4.78, 5) is 93.2. The predicted octanol–water partition coefficient (Wildman–Crippen LogP) is 3.92. The largest absolute Gasteiger partial charge is 0.490 e. The Morgan fingerprint density at radius 1 is 0.843 bits per heavy atom. The molecular formula is C42H51N10O14P3S. The fraction of sp³-hybridized carbons (Fsp3) is 0.357. The van der Waals surface area contributed by atoms with Gasteiger partial charge in [-0.3, -0.25) is 38.8 Å². The minimum atomic E-state index is -5.77. The number of hydrogen-bond donors (Lipinski definition) is 8. The molecule has 8 N–H and O–H groups in total. The smallest absolute Gasteiger partial charge is 0.390 e. The van der Waals surface area contributed by atoms with Crippen LogP contribution in [0.1, 0.15) is 74.2 Å². The summed E-state index contributed by atoms with van der Waals surface area (Å²) in [6, 6.07) is 19.0. The number of nitrogens with zero attached hydrogens (tertiary/aromatic N) is 7. The summed E-state index contributed by atoms with van der Waals surface area (Å²) in [6.07, 6.45) is 0.549. The number of nitrogens with one attached hydrogen (secondary N) is 3. The van der Waals surface area contributed by atoms with Crippen LogP contribution in [-0.4, -0.2) is 117 Å². The highest BCUT2D eigenvalue weighted by atomic mass is 32.1. The second-order valence-electron chi connectivity index (χ2n) is 15.8. The molecule has 5 heterocycles. The van der Waals surface area contributed by atoms with Crippen LogP contribution in [-0.2, 0) is 44.4 Å². The topological polar surface area (TPSA) is 343 Å². The minimum Gasteiger partial charge on any atom is -0.390 e. The minimum absolute atomic E-state index is 0.00412. The van der Waals surface area contributed by atoms with Gasteiger partial charge in [-0.2, -0.15) is 8.62 Å². The number of aliphatic hydroxyl groups excluding tert-OH is 1. The normalized spacial score (nSPS) is 21.0. The van der Waals surface area contributed by atoms with Crippen LogP contribution in [0, 0.1) is 0 Å². The molecule has 1 aromatic carbocycles. The first-order valence-electron chi connectivity index (χ1n) is 21.3. The van der Waals surface area contributed by atoms with Crippen molar-refractivity contribution in [3.8, 4) is 0 Å². The summed E-state index contributed by atoms with van der Waals surface area (Å²) in [6.45, 7) is 8.21. The van der Waals surface area contributed by atoms with E-state index in [-0.39, 0.29) is 29.6 Å². The number of fused-ring (bicyclic) bond motifs is 4. The maximum Gasteiger partial charge on any atom is 0.490 e. The van der Waals surface area contributed by atoms with Crippen LogP contribution in [0.3, 0.4) is 0 Å². The highest BCUT2D eigenvalue weighted by Crippen LogP contribution is 2.66. The highest BCUT2D eigenvalue weighted by Gasteiger charge is 2.43. The molecule has 4 aromatic rings. The molecule has 2 aliphatic rings. The van der Waals surface area contributed by atoms with Gasteiger partial charge >= 0.3 is 29.2 Å². The number of phosphoric acid groups is 3. The van der Waals surface area contributed by atoms with Gasteiger partial charge in [0.25, 0.3) is 5.56 Å². The number of benzene rings is 1. The lowest BCUT2D eigenvalue weighted by molar-refractivity contribution is -0.0450. The Labute approximate surface area is 405 Å². The van der Waals surface area contributed by atoms with Gasteiger partial charge in [0, 0.05) is 23.9 Å². The van der Waals surface area contributed by atoms with E-state index in [0.29, 0.717) is 31.7 Å². The van der Waals surface area contributed by atoms with Crippen molar-refractivity contribution in [1.29, 1.82) is 0 Å². The zero-order valence-corrected chi connectivity index (χ0v) is 41.6. The molecule has 4 bridgehead atoms. The Hall–Kier alpha value is -5.36. The molecule has 28 heteroatoms. The van der Waals surface area contributed by atoms with Gasteiger partial charge in [-0.25, -0.2) is 28.5 Å². The van der Waals surface area contributed by atoms with E-state index >= 15 is 0 Å². The van der Waals surface area contributed by atoms with Gasteiger partial charge in [-0.15, -0.1) is 0 Å². The summed E-state index contributed by atoms with van der Waals surface area (Å²) in [5.74, 6) is 0. The monoisotopic (exact) mass is 1040 g/mol. The number of pyridine rings is 2. The molecule has 0 saturated carbocycles. The SMILES string of the molecule is CC1=NCCN=C(C)c2cccc(n2)C(C)=N[C@@H](Cc2ccc(NC(=S)N/C=C/Cc3cn([C@@H]4C[C@@H](O)[C@H](COP(=O)(O)OP(=O)(O)OP(=O)(O)O)O4)c(=O)[nH]c3=O)cc2)CN=C(C)c2cccc1n2. The molecule has 374 valence electrons. The third kappa shape index (κ3) is 16.1. The van der Waals surface area contributed by atoms with Crippen LogP contribution in [0.15, 0.2) is 109 Å². The first-order chi connectivity index (χ1) is 33.0. The van der Waals surface area contributed by atoms with E-state index in [1.807, 2.05) is 88.4 Å². The van der Waals surface area contributed by atoms with Crippen LogP contribution in [0.2, 0.25) is 0 Å². The van der Waals surface area contributed by atoms with Gasteiger partial charge in [0.1, 0.15) is 12.3 Å². The highest BCUT2D eigenvalue weighted by molar-refractivity contribution is 7.80. The average Bonchev–Trinajstić information content (AvgIpc) is 3.66. The van der Waals surface area contributed by atoms with Crippen molar-refractivity contribution in [2.24, 2.45) is 20.0 Å². The first-order valence-corrected chi connectivity index (χ1v) is 26.3. The maximum absolute atomic E-state index is 12.7. The van der Waals surface area contributed by atoms with Gasteiger partial charge in [0.15, 0.2) is 5.11 Å². The molecule has 24 nitrogen and oxygen atoms in total. The zero-order chi connectivity index (χ0) is 50.8. The van der Waals surface area contributed by atoms with Crippen LogP contribution in [0.4, 0.5) is 5.69 Å². The summed E-state index contributed by atoms with van der Waals surface area (Å²) >= 11 is 5.48. The number of aromatic nitrogens is 4. The average molecular weight is 1040 g/mol. The van der Waals surface area contributed by atoms with Crippen LogP contribution in [0.5, 0.6) is 0 Å². The maximum atomic E-state index is 12.7. The molecule has 0 spiro atoms. The Kier molecular flexibility index (Phi) is 18.3. The molecule has 1 saturated heterocycles. The Morgan fingerprint density at radius 2 is 1.43 bits per heavy atom. The van der Waals surface area contributed by atoms with E-state index in [4.69, 9.17) is 56.7 Å². The number of aromatic amines is 1. The third-order valence-electron chi connectivity index (χ3n) is 10.4. The van der Waals surface area contributed by atoms with Crippen molar-refractivity contribution in [3.63, 3.8) is 0 Å². The van der Waals surface area contributed by atoms with Crippen molar-refractivity contribution >= 4 is 69.3 Å². The van der Waals surface area contributed by atoms with E-state index in [0.717, 1.165) is 55.8 Å². The Balaban J connectivity index is 1.06. The van der Waals surface area contributed by atoms with E-state index < -0.39 is 59.8 Å². The Bertz CT molecular complexity index is 2990. The van der Waals surface area contributed by atoms with Gasteiger partial charge in [-0.05, 0) is 101 Å². The van der Waals surface area contributed by atoms with Crippen LogP contribution in [0.25, 0.3) is 0 Å². The summed E-state index contributed by atoms with van der Waals surface area (Å²) in [7, 11) is -16.9. The fourth-order valence-electron chi connectivity index (χ4n) is 6.96. The van der Waals surface area contributed by atoms with E-state index in [1.165, 1.54) is 12.4 Å². The van der Waals surface area contributed by atoms with Crippen LogP contribution >= 0.6 is 35.7 Å². The predicted molar refractivity (Wildman–Crippen MR) is 264 cm³/mol. The summed E-state index contributed by atoms with van der Waals surface area (Å²) in [5.41, 5.74) is 6.38. The number of phosphoric ester groups is 1. The number of anilines is 1. The van der Waals surface area contributed by atoms with E-state index in [2.05, 4.69) is 28.8 Å². The third-order valence-corrected chi connectivity index (χ3v) is 14.4. The molecule has 6 atom stereocenters. The van der Waals surface area contributed by atoms with Gasteiger partial charge in [0.05, 0.1) is 84.0 Å². The molecule has 0 aliphatic carbocycles. The van der Waals surface area contributed by atoms with Crippen molar-refractivity contribution in [3.05, 3.63) is 134 Å². The molecule has 2 aliphatic heterocycles. The number of rotatable bonds is 14. The molecule has 3 aromatic heterocycles. The number of hydrogen-bond acceptors (Lipinski definition) is 17. The molecule has 6 rings (SSSR count). The zero-order valence-electron chi connectivity index (χ0n) is 38.1. The van der Waals surface area contributed by atoms with Crippen molar-refractivity contribution in [2.45, 2.75) is 71.4 Å². The molecule has 1 fully saturated rings. The number of aliphatic imine (C=N–C) groups is 4. The summed E-state index contributed by atoms with van der Waals surface area (Å²) in [5, 5.41) is 16.7. The number of thiocarbonyl (C=S) groups is 1. The van der Waals surface area contributed by atoms with Crippen molar-refractivity contribution in [1.82, 2.24) is 24.8 Å². The fourth-order valence-corrected chi connectivity index (χ4v) is 10.2. The van der Waals surface area contributed by atoms with Crippen molar-refractivity contribution in [2.75, 3.05) is 31.6 Å². The first kappa shape index (κ1) is 54.0. The van der Waals surface area contributed by atoms with Gasteiger partial charge in [-0.1, -0.05) is 30.3 Å². The number of H-pyrrole nitrogens is 1.